The molecule has 1 aliphatic rings. The topological polar surface area (TPSA) is 38.5 Å². The largest absolute Gasteiger partial charge is 0.383 e. The molecular formula is C14H30N2O. The minimum Gasteiger partial charge on any atom is -0.383 e. The van der Waals surface area contributed by atoms with Crippen LogP contribution in [0.5, 0.6) is 0 Å². The summed E-state index contributed by atoms with van der Waals surface area (Å²) in [6, 6.07) is 0.686. The van der Waals surface area contributed by atoms with Gasteiger partial charge >= 0.3 is 0 Å². The predicted octanol–water partition coefficient (Wildman–Crippen LogP) is 2.11. The fourth-order valence-corrected chi connectivity index (χ4v) is 3.01. The minimum absolute atomic E-state index is 0.686. The molecule has 0 radical (unpaired) electrons. The molecule has 0 amide bonds. The Bertz CT molecular complexity index is 197. The molecule has 0 aromatic carbocycles. The molecular weight excluding hydrogens is 212 g/mol. The first kappa shape index (κ1) is 14.9. The summed E-state index contributed by atoms with van der Waals surface area (Å²) in [5.41, 5.74) is 5.93. The van der Waals surface area contributed by atoms with Crippen molar-refractivity contribution in [2.75, 3.05) is 33.4 Å². The Hall–Kier alpha value is -0.120. The Kier molecular flexibility index (Phi) is 7.09. The first-order valence-corrected chi connectivity index (χ1v) is 7.12. The van der Waals surface area contributed by atoms with Crippen molar-refractivity contribution in [3.63, 3.8) is 0 Å². The highest BCUT2D eigenvalue weighted by Gasteiger charge is 2.29. The summed E-state index contributed by atoms with van der Waals surface area (Å²) in [6.07, 6.45) is 5.35. The number of nitrogens with two attached hydrogens (primary N) is 1. The molecule has 3 heteroatoms. The Labute approximate surface area is 107 Å². The second-order valence-corrected chi connectivity index (χ2v) is 5.73. The number of rotatable bonds is 7. The molecule has 102 valence electrons. The van der Waals surface area contributed by atoms with Crippen LogP contribution >= 0.6 is 0 Å². The average Bonchev–Trinajstić information content (AvgIpc) is 2.34. The van der Waals surface area contributed by atoms with Gasteiger partial charge in [-0.1, -0.05) is 26.7 Å². The van der Waals surface area contributed by atoms with Crippen molar-refractivity contribution in [1.29, 1.82) is 0 Å². The van der Waals surface area contributed by atoms with E-state index in [0.717, 1.165) is 19.7 Å². The van der Waals surface area contributed by atoms with Crippen molar-refractivity contribution in [3.8, 4) is 0 Å². The van der Waals surface area contributed by atoms with Crippen molar-refractivity contribution in [2.45, 2.75) is 45.6 Å². The van der Waals surface area contributed by atoms with Gasteiger partial charge in [0.15, 0.2) is 0 Å². The van der Waals surface area contributed by atoms with E-state index in [4.69, 9.17) is 10.5 Å². The molecule has 2 unspecified atom stereocenters. The second-order valence-electron chi connectivity index (χ2n) is 5.73. The van der Waals surface area contributed by atoms with Crippen LogP contribution in [-0.4, -0.2) is 44.3 Å². The van der Waals surface area contributed by atoms with Gasteiger partial charge in [-0.2, -0.15) is 0 Å². The molecule has 2 N–H and O–H groups in total. The van der Waals surface area contributed by atoms with Crippen LogP contribution in [0.4, 0.5) is 0 Å². The van der Waals surface area contributed by atoms with Crippen LogP contribution in [0.3, 0.4) is 0 Å². The molecule has 0 bridgehead atoms. The van der Waals surface area contributed by atoms with Crippen LogP contribution < -0.4 is 5.73 Å². The van der Waals surface area contributed by atoms with E-state index in [2.05, 4.69) is 18.7 Å². The molecule has 0 aliphatic heterocycles. The summed E-state index contributed by atoms with van der Waals surface area (Å²) in [4.78, 5) is 2.62. The summed E-state index contributed by atoms with van der Waals surface area (Å²) < 4.78 is 5.24. The van der Waals surface area contributed by atoms with Crippen LogP contribution in [0.15, 0.2) is 0 Å². The lowest BCUT2D eigenvalue weighted by atomic mass is 9.83. The van der Waals surface area contributed by atoms with E-state index in [0.29, 0.717) is 17.9 Å². The second kappa shape index (κ2) is 8.06. The molecule has 2 atom stereocenters. The summed E-state index contributed by atoms with van der Waals surface area (Å²) >= 11 is 0. The van der Waals surface area contributed by atoms with Crippen LogP contribution in [-0.2, 0) is 4.74 Å². The van der Waals surface area contributed by atoms with Gasteiger partial charge in [0.05, 0.1) is 6.61 Å². The molecule has 1 aliphatic carbocycles. The van der Waals surface area contributed by atoms with Crippen molar-refractivity contribution in [3.05, 3.63) is 0 Å². The average molecular weight is 242 g/mol. The first-order chi connectivity index (χ1) is 8.19. The van der Waals surface area contributed by atoms with Crippen LogP contribution in [0.25, 0.3) is 0 Å². The maximum Gasteiger partial charge on any atom is 0.0589 e. The molecule has 0 saturated heterocycles. The summed E-state index contributed by atoms with van der Waals surface area (Å²) in [7, 11) is 1.79. The van der Waals surface area contributed by atoms with E-state index in [9.17, 15) is 0 Å². The minimum atomic E-state index is 0.686. The lowest BCUT2D eigenvalue weighted by molar-refractivity contribution is 0.0646. The third kappa shape index (κ3) is 4.94. The molecule has 0 spiro atoms. The van der Waals surface area contributed by atoms with E-state index >= 15 is 0 Å². The Morgan fingerprint density at radius 3 is 2.59 bits per heavy atom. The van der Waals surface area contributed by atoms with Gasteiger partial charge < -0.3 is 10.5 Å². The van der Waals surface area contributed by atoms with E-state index in [1.54, 1.807) is 7.11 Å². The zero-order valence-electron chi connectivity index (χ0n) is 11.8. The Morgan fingerprint density at radius 2 is 2.00 bits per heavy atom. The van der Waals surface area contributed by atoms with Gasteiger partial charge in [-0.3, -0.25) is 4.90 Å². The predicted molar refractivity (Wildman–Crippen MR) is 73.1 cm³/mol. The molecule has 0 heterocycles. The van der Waals surface area contributed by atoms with Gasteiger partial charge in [0.25, 0.3) is 0 Å². The van der Waals surface area contributed by atoms with Crippen molar-refractivity contribution < 1.29 is 4.74 Å². The molecule has 0 aromatic heterocycles. The molecule has 0 aromatic rings. The summed E-state index contributed by atoms with van der Waals surface area (Å²) in [6.45, 7) is 8.48. The number of methoxy groups -OCH3 is 1. The SMILES string of the molecule is COCCN(CC(C)C)C1CCCCC1CN. The fraction of sp³-hybridized carbons (Fsp3) is 1.00. The molecule has 1 fully saturated rings. The number of ether oxygens (including phenoxy) is 1. The highest BCUT2D eigenvalue weighted by atomic mass is 16.5. The normalized spacial score (nSPS) is 25.8. The van der Waals surface area contributed by atoms with E-state index in [1.807, 2.05) is 0 Å². The van der Waals surface area contributed by atoms with E-state index in [1.165, 1.54) is 32.2 Å². The summed E-state index contributed by atoms with van der Waals surface area (Å²) in [5, 5.41) is 0. The lowest BCUT2D eigenvalue weighted by Crippen LogP contribution is -2.47. The highest BCUT2D eigenvalue weighted by molar-refractivity contribution is 4.84. The van der Waals surface area contributed by atoms with E-state index in [-0.39, 0.29) is 0 Å². The quantitative estimate of drug-likeness (QED) is 0.743. The Morgan fingerprint density at radius 1 is 1.29 bits per heavy atom. The third-order valence-electron chi connectivity index (χ3n) is 3.82. The summed E-state index contributed by atoms with van der Waals surface area (Å²) in [5.74, 6) is 1.41. The highest BCUT2D eigenvalue weighted by Crippen LogP contribution is 2.28. The molecule has 1 saturated carbocycles. The monoisotopic (exact) mass is 242 g/mol. The molecule has 1 rings (SSSR count). The number of nitrogens with zero attached hydrogens (tertiary/aromatic N) is 1. The molecule has 3 nitrogen and oxygen atoms in total. The lowest BCUT2D eigenvalue weighted by Gasteiger charge is -2.40. The van der Waals surface area contributed by atoms with Crippen LogP contribution in [0, 0.1) is 11.8 Å². The fourth-order valence-electron chi connectivity index (χ4n) is 3.01. The first-order valence-electron chi connectivity index (χ1n) is 7.12. The zero-order chi connectivity index (χ0) is 12.7. The smallest absolute Gasteiger partial charge is 0.0589 e. The molecule has 17 heavy (non-hydrogen) atoms. The maximum absolute atomic E-state index is 5.93. The van der Waals surface area contributed by atoms with E-state index < -0.39 is 0 Å². The van der Waals surface area contributed by atoms with Gasteiger partial charge in [-0.25, -0.2) is 0 Å². The number of hydrogen-bond acceptors (Lipinski definition) is 3. The van der Waals surface area contributed by atoms with Crippen molar-refractivity contribution in [1.82, 2.24) is 4.90 Å². The van der Waals surface area contributed by atoms with Crippen molar-refractivity contribution >= 4 is 0 Å². The van der Waals surface area contributed by atoms with Gasteiger partial charge in [0.2, 0.25) is 0 Å². The maximum atomic E-state index is 5.93. The van der Waals surface area contributed by atoms with Crippen LogP contribution in [0.2, 0.25) is 0 Å². The number of hydrogen-bond donors (Lipinski definition) is 1. The van der Waals surface area contributed by atoms with Gasteiger partial charge in [0, 0.05) is 26.2 Å². The van der Waals surface area contributed by atoms with Gasteiger partial charge in [-0.15, -0.1) is 0 Å². The third-order valence-corrected chi connectivity index (χ3v) is 3.82. The Balaban J connectivity index is 2.57. The standard InChI is InChI=1S/C14H30N2O/c1-12(2)11-16(8-9-17-3)14-7-5-4-6-13(14)10-15/h12-14H,4-11,15H2,1-3H3. The van der Waals surface area contributed by atoms with Gasteiger partial charge in [-0.05, 0) is 31.2 Å². The zero-order valence-corrected chi connectivity index (χ0v) is 11.8. The van der Waals surface area contributed by atoms with Crippen molar-refractivity contribution in [2.24, 2.45) is 17.6 Å². The van der Waals surface area contributed by atoms with Crippen LogP contribution in [0.1, 0.15) is 39.5 Å². The van der Waals surface area contributed by atoms with Gasteiger partial charge in [0.1, 0.15) is 0 Å².